The van der Waals surface area contributed by atoms with Gasteiger partial charge in [0, 0.05) is 31.4 Å². The van der Waals surface area contributed by atoms with E-state index >= 15 is 0 Å². The molecule has 130 valence electrons. The van der Waals surface area contributed by atoms with Crippen molar-refractivity contribution in [1.29, 1.82) is 0 Å². The maximum atomic E-state index is 12.6. The Labute approximate surface area is 144 Å². The van der Waals surface area contributed by atoms with Crippen molar-refractivity contribution in [3.8, 4) is 11.5 Å². The van der Waals surface area contributed by atoms with Gasteiger partial charge in [-0.2, -0.15) is 4.31 Å². The molecule has 8 nitrogen and oxygen atoms in total. The van der Waals surface area contributed by atoms with E-state index in [1.807, 2.05) is 0 Å². The van der Waals surface area contributed by atoms with Crippen LogP contribution in [0.15, 0.2) is 56.8 Å². The lowest BCUT2D eigenvalue weighted by atomic mass is 9.98. The summed E-state index contributed by atoms with van der Waals surface area (Å²) >= 11 is 0. The lowest BCUT2D eigenvalue weighted by Gasteiger charge is -2.29. The highest BCUT2D eigenvalue weighted by Crippen LogP contribution is 2.31. The molecular formula is C16H16N4O4S. The third-order valence-corrected chi connectivity index (χ3v) is 6.17. The molecule has 0 aliphatic carbocycles. The summed E-state index contributed by atoms with van der Waals surface area (Å²) in [4.78, 5) is 4.10. The van der Waals surface area contributed by atoms with Gasteiger partial charge in [0.05, 0.1) is 11.8 Å². The highest BCUT2D eigenvalue weighted by molar-refractivity contribution is 7.89. The van der Waals surface area contributed by atoms with Crippen LogP contribution in [0, 0.1) is 0 Å². The second kappa shape index (κ2) is 6.41. The lowest BCUT2D eigenvalue weighted by molar-refractivity contribution is 0.291. The molecule has 0 saturated carbocycles. The molecule has 0 bridgehead atoms. The van der Waals surface area contributed by atoms with E-state index in [-0.39, 0.29) is 10.8 Å². The van der Waals surface area contributed by atoms with Gasteiger partial charge in [-0.15, -0.1) is 10.2 Å². The molecule has 3 aromatic heterocycles. The summed E-state index contributed by atoms with van der Waals surface area (Å²) in [5, 5.41) is 8.14. The van der Waals surface area contributed by atoms with Crippen molar-refractivity contribution in [2.45, 2.75) is 23.7 Å². The molecule has 25 heavy (non-hydrogen) atoms. The Balaban J connectivity index is 1.45. The maximum absolute atomic E-state index is 12.6. The molecule has 0 atom stereocenters. The first kappa shape index (κ1) is 16.0. The van der Waals surface area contributed by atoms with Crippen LogP contribution >= 0.6 is 0 Å². The van der Waals surface area contributed by atoms with E-state index < -0.39 is 10.0 Å². The van der Waals surface area contributed by atoms with E-state index in [4.69, 9.17) is 8.83 Å². The Morgan fingerprint density at radius 2 is 2.00 bits per heavy atom. The maximum Gasteiger partial charge on any atom is 0.250 e. The van der Waals surface area contributed by atoms with Crippen LogP contribution in [-0.2, 0) is 10.0 Å². The molecule has 4 rings (SSSR count). The Morgan fingerprint density at radius 1 is 1.16 bits per heavy atom. The molecule has 0 aromatic carbocycles. The van der Waals surface area contributed by atoms with Gasteiger partial charge in [0.25, 0.3) is 5.89 Å². The molecule has 0 amide bonds. The highest BCUT2D eigenvalue weighted by atomic mass is 32.2. The van der Waals surface area contributed by atoms with E-state index in [9.17, 15) is 8.42 Å². The summed E-state index contributed by atoms with van der Waals surface area (Å²) < 4.78 is 37.4. The summed E-state index contributed by atoms with van der Waals surface area (Å²) in [6, 6.07) is 4.93. The summed E-state index contributed by atoms with van der Waals surface area (Å²) in [5.74, 6) is 0.997. The van der Waals surface area contributed by atoms with Crippen molar-refractivity contribution in [3.05, 3.63) is 49.0 Å². The number of rotatable bonds is 4. The second-order valence-electron chi connectivity index (χ2n) is 5.82. The van der Waals surface area contributed by atoms with Crippen molar-refractivity contribution in [1.82, 2.24) is 19.5 Å². The van der Waals surface area contributed by atoms with Crippen molar-refractivity contribution >= 4 is 10.0 Å². The van der Waals surface area contributed by atoms with Gasteiger partial charge in [-0.1, -0.05) is 0 Å². The molecule has 9 heteroatoms. The van der Waals surface area contributed by atoms with Crippen LogP contribution in [0.4, 0.5) is 0 Å². The number of piperidine rings is 1. The first-order chi connectivity index (χ1) is 12.1. The smallest absolute Gasteiger partial charge is 0.250 e. The number of furan rings is 1. The van der Waals surface area contributed by atoms with Gasteiger partial charge in [0.2, 0.25) is 15.9 Å². The fourth-order valence-corrected chi connectivity index (χ4v) is 4.33. The number of pyridine rings is 1. The average Bonchev–Trinajstić information content (AvgIpc) is 3.34. The summed E-state index contributed by atoms with van der Waals surface area (Å²) in [7, 11) is -3.51. The van der Waals surface area contributed by atoms with Crippen molar-refractivity contribution in [3.63, 3.8) is 0 Å². The molecule has 1 aliphatic heterocycles. The van der Waals surface area contributed by atoms with E-state index in [0.717, 1.165) is 5.56 Å². The van der Waals surface area contributed by atoms with Gasteiger partial charge in [-0.3, -0.25) is 4.98 Å². The van der Waals surface area contributed by atoms with Crippen LogP contribution in [0.1, 0.15) is 24.7 Å². The number of sulfonamides is 1. The summed E-state index contributed by atoms with van der Waals surface area (Å²) in [6.45, 7) is 0.816. The largest absolute Gasteiger partial charge is 0.472 e. The molecule has 0 unspecified atom stereocenters. The molecular weight excluding hydrogens is 344 g/mol. The minimum Gasteiger partial charge on any atom is -0.472 e. The van der Waals surface area contributed by atoms with Crippen LogP contribution < -0.4 is 0 Å². The van der Waals surface area contributed by atoms with Gasteiger partial charge in [0.15, 0.2) is 0 Å². The molecule has 1 aliphatic rings. The van der Waals surface area contributed by atoms with E-state index in [0.29, 0.717) is 37.7 Å². The van der Waals surface area contributed by atoms with Gasteiger partial charge in [0.1, 0.15) is 11.2 Å². The minimum atomic E-state index is -3.51. The van der Waals surface area contributed by atoms with Crippen LogP contribution in [0.3, 0.4) is 0 Å². The minimum absolute atomic E-state index is 0.0495. The quantitative estimate of drug-likeness (QED) is 0.703. The SMILES string of the molecule is O=S(=O)(c1cccnc1)N1CCC(c2nnc(-c3ccoc3)o2)CC1. The first-order valence-corrected chi connectivity index (χ1v) is 9.35. The average molecular weight is 360 g/mol. The van der Waals surface area contributed by atoms with Gasteiger partial charge < -0.3 is 8.83 Å². The molecule has 0 spiro atoms. The van der Waals surface area contributed by atoms with Gasteiger partial charge in [-0.05, 0) is 31.0 Å². The second-order valence-corrected chi connectivity index (χ2v) is 7.76. The number of nitrogens with zero attached hydrogens (tertiary/aromatic N) is 4. The lowest BCUT2D eigenvalue weighted by Crippen LogP contribution is -2.38. The van der Waals surface area contributed by atoms with Crippen LogP contribution in [0.25, 0.3) is 11.5 Å². The molecule has 0 N–H and O–H groups in total. The summed E-state index contributed by atoms with van der Waals surface area (Å²) in [5.41, 5.74) is 0.732. The molecule has 0 radical (unpaired) electrons. The predicted molar refractivity (Wildman–Crippen MR) is 87.0 cm³/mol. The van der Waals surface area contributed by atoms with E-state index in [1.54, 1.807) is 36.9 Å². The standard InChI is InChI=1S/C16H16N4O4S/c21-25(22,14-2-1-6-17-10-14)20-7-3-12(4-8-20)15-18-19-16(24-15)13-5-9-23-11-13/h1-2,5-6,9-12H,3-4,7-8H2. The molecule has 3 aromatic rings. The number of hydrogen-bond donors (Lipinski definition) is 0. The third kappa shape index (κ3) is 3.08. The van der Waals surface area contributed by atoms with Gasteiger partial charge in [-0.25, -0.2) is 8.42 Å². The fraction of sp³-hybridized carbons (Fsp3) is 0.312. The molecule has 4 heterocycles. The fourth-order valence-electron chi connectivity index (χ4n) is 2.89. The number of hydrogen-bond acceptors (Lipinski definition) is 7. The third-order valence-electron chi connectivity index (χ3n) is 4.28. The van der Waals surface area contributed by atoms with Crippen molar-refractivity contribution in [2.24, 2.45) is 0 Å². The van der Waals surface area contributed by atoms with Crippen LogP contribution in [-0.4, -0.2) is 41.0 Å². The Kier molecular flexibility index (Phi) is 4.10. The van der Waals surface area contributed by atoms with Crippen LogP contribution in [0.5, 0.6) is 0 Å². The zero-order valence-corrected chi connectivity index (χ0v) is 14.1. The van der Waals surface area contributed by atoms with Crippen molar-refractivity contribution < 1.29 is 17.3 Å². The van der Waals surface area contributed by atoms with Crippen LogP contribution in [0.2, 0.25) is 0 Å². The van der Waals surface area contributed by atoms with Crippen molar-refractivity contribution in [2.75, 3.05) is 13.1 Å². The topological polar surface area (TPSA) is 102 Å². The first-order valence-electron chi connectivity index (χ1n) is 7.91. The Hall–Kier alpha value is -2.52. The monoisotopic (exact) mass is 360 g/mol. The molecule has 1 fully saturated rings. The highest BCUT2D eigenvalue weighted by Gasteiger charge is 2.32. The van der Waals surface area contributed by atoms with Gasteiger partial charge >= 0.3 is 0 Å². The Morgan fingerprint density at radius 3 is 2.68 bits per heavy atom. The van der Waals surface area contributed by atoms with E-state index in [2.05, 4.69) is 15.2 Å². The predicted octanol–water partition coefficient (Wildman–Crippen LogP) is 2.29. The zero-order valence-electron chi connectivity index (χ0n) is 13.3. The number of aromatic nitrogens is 3. The van der Waals surface area contributed by atoms with E-state index in [1.165, 1.54) is 10.5 Å². The summed E-state index contributed by atoms with van der Waals surface area (Å²) in [6.07, 6.45) is 7.27. The molecule has 1 saturated heterocycles. The normalized spacial score (nSPS) is 17.0. The Bertz CT molecular complexity index is 930. The zero-order chi connectivity index (χ0) is 17.3.